The molecule has 4 aromatic heterocycles. The van der Waals surface area contributed by atoms with Gasteiger partial charge in [0.1, 0.15) is 11.2 Å². The molecule has 0 aliphatic heterocycles. The van der Waals surface area contributed by atoms with Crippen LogP contribution >= 0.6 is 11.3 Å². The number of hydrogen-bond donors (Lipinski definition) is 0. The smallest absolute Gasteiger partial charge is 0.164 e. The molecule has 4 heterocycles. The minimum absolute atomic E-state index is 0.606. The Morgan fingerprint density at radius 3 is 1.75 bits per heavy atom. The van der Waals surface area contributed by atoms with E-state index < -0.39 is 0 Å². The third-order valence-corrected chi connectivity index (χ3v) is 14.0. The minimum atomic E-state index is 0.606. The van der Waals surface area contributed by atoms with E-state index in [1.807, 2.05) is 35.6 Å². The second-order valence-corrected chi connectivity index (χ2v) is 17.4. The van der Waals surface area contributed by atoms with Crippen LogP contribution in [0.2, 0.25) is 0 Å². The van der Waals surface area contributed by atoms with Gasteiger partial charge in [-0.3, -0.25) is 0 Å². The average Bonchev–Trinajstić information content (AvgIpc) is 4.03. The predicted octanol–water partition coefficient (Wildman–Crippen LogP) is 15.7. The second kappa shape index (κ2) is 13.2. The zero-order valence-electron chi connectivity index (χ0n) is 33.6. The maximum Gasteiger partial charge on any atom is 0.164 e. The van der Waals surface area contributed by atoms with Gasteiger partial charge in [-0.15, -0.1) is 11.3 Å². The number of thiophene rings is 1. The van der Waals surface area contributed by atoms with Gasteiger partial charge in [-0.25, -0.2) is 15.0 Å². The molecule has 0 atom stereocenters. The van der Waals surface area contributed by atoms with Crippen molar-refractivity contribution in [2.24, 2.45) is 0 Å². The van der Waals surface area contributed by atoms with E-state index in [-0.39, 0.29) is 0 Å². The van der Waals surface area contributed by atoms with Crippen LogP contribution < -0.4 is 0 Å². The minimum Gasteiger partial charge on any atom is -0.455 e. The Balaban J connectivity index is 1.12. The molecule has 0 amide bonds. The van der Waals surface area contributed by atoms with Crippen molar-refractivity contribution in [2.75, 3.05) is 0 Å². The fourth-order valence-corrected chi connectivity index (χ4v) is 11.1. The van der Waals surface area contributed by atoms with Crippen molar-refractivity contribution < 1.29 is 4.42 Å². The normalized spacial score (nSPS) is 12.1. The molecule has 0 fully saturated rings. The summed E-state index contributed by atoms with van der Waals surface area (Å²) in [5.74, 6) is 1.86. The van der Waals surface area contributed by atoms with E-state index in [0.29, 0.717) is 17.5 Å². The van der Waals surface area contributed by atoms with Crippen LogP contribution in [0, 0.1) is 0 Å². The van der Waals surface area contributed by atoms with Crippen molar-refractivity contribution >= 4 is 108 Å². The van der Waals surface area contributed by atoms with E-state index in [1.165, 1.54) is 41.7 Å². The molecule has 0 N–H and O–H groups in total. The van der Waals surface area contributed by atoms with Gasteiger partial charge in [0.2, 0.25) is 0 Å². The van der Waals surface area contributed by atoms with Crippen molar-refractivity contribution in [1.29, 1.82) is 0 Å². The van der Waals surface area contributed by atoms with Crippen LogP contribution in [-0.2, 0) is 0 Å². The Morgan fingerprint density at radius 2 is 0.937 bits per heavy atom. The van der Waals surface area contributed by atoms with E-state index in [0.717, 1.165) is 76.9 Å². The number of nitrogens with zero attached hydrogens (tertiary/aromatic N) is 4. The molecule has 14 aromatic rings. The maximum absolute atomic E-state index is 6.75. The number of para-hydroxylation sites is 2. The van der Waals surface area contributed by atoms with Crippen molar-refractivity contribution in [1.82, 2.24) is 19.5 Å². The van der Waals surface area contributed by atoms with Gasteiger partial charge < -0.3 is 8.98 Å². The number of benzene rings is 10. The van der Waals surface area contributed by atoms with Crippen LogP contribution in [0.25, 0.3) is 136 Å². The molecule has 10 aromatic carbocycles. The van der Waals surface area contributed by atoms with Gasteiger partial charge in [-0.2, -0.15) is 0 Å². The standard InChI is InChI=1S/C57H32N4OS/c1-2-14-33(15-3-1)55-58-56(34-26-29-51-44(30-34)40-20-10-13-25-50(40)63-51)60-57(59-55)35-31-45-38-18-5-4-16-36(38)37-17-6-7-21-41(37)52(45)48(32-35)61-46-23-11-8-22-43(46)53-47(61)28-27-42-39-19-9-12-24-49(39)62-54(42)53/h1-32H. The molecule has 0 aliphatic rings. The summed E-state index contributed by atoms with van der Waals surface area (Å²) in [4.78, 5) is 15.9. The highest BCUT2D eigenvalue weighted by molar-refractivity contribution is 7.25. The highest BCUT2D eigenvalue weighted by Gasteiger charge is 2.23. The summed E-state index contributed by atoms with van der Waals surface area (Å²) in [6, 6.07) is 69.1. The summed E-state index contributed by atoms with van der Waals surface area (Å²) >= 11 is 1.81. The lowest BCUT2D eigenvalue weighted by Gasteiger charge is -2.18. The highest BCUT2D eigenvalue weighted by Crippen LogP contribution is 2.46. The molecule has 0 unspecified atom stereocenters. The summed E-state index contributed by atoms with van der Waals surface area (Å²) in [5, 5.41) is 13.9. The van der Waals surface area contributed by atoms with Gasteiger partial charge >= 0.3 is 0 Å². The van der Waals surface area contributed by atoms with E-state index in [2.05, 4.69) is 174 Å². The fraction of sp³-hybridized carbons (Fsp3) is 0. The monoisotopic (exact) mass is 820 g/mol. The zero-order valence-corrected chi connectivity index (χ0v) is 34.4. The zero-order chi connectivity index (χ0) is 41.2. The van der Waals surface area contributed by atoms with E-state index in [4.69, 9.17) is 19.4 Å². The molecule has 0 saturated carbocycles. The van der Waals surface area contributed by atoms with Crippen molar-refractivity contribution in [3.8, 4) is 39.9 Å². The van der Waals surface area contributed by atoms with E-state index in [9.17, 15) is 0 Å². The molecule has 14 rings (SSSR count). The van der Waals surface area contributed by atoms with Gasteiger partial charge in [0, 0.05) is 58.4 Å². The summed E-state index contributed by atoms with van der Waals surface area (Å²) in [6.45, 7) is 0. The third-order valence-electron chi connectivity index (χ3n) is 12.8. The molecule has 5 nitrogen and oxygen atoms in total. The summed E-state index contributed by atoms with van der Waals surface area (Å²) in [7, 11) is 0. The van der Waals surface area contributed by atoms with Crippen molar-refractivity contribution in [3.63, 3.8) is 0 Å². The van der Waals surface area contributed by atoms with Gasteiger partial charge in [-0.05, 0) is 87.6 Å². The first kappa shape index (κ1) is 34.5. The molecular formula is C57H32N4OS. The van der Waals surface area contributed by atoms with Gasteiger partial charge in [0.25, 0.3) is 0 Å². The fourth-order valence-electron chi connectivity index (χ4n) is 10.0. The topological polar surface area (TPSA) is 56.7 Å². The lowest BCUT2D eigenvalue weighted by Crippen LogP contribution is -2.02. The van der Waals surface area contributed by atoms with Gasteiger partial charge in [-0.1, -0.05) is 133 Å². The molecule has 0 radical (unpaired) electrons. The van der Waals surface area contributed by atoms with Crippen molar-refractivity contribution in [2.45, 2.75) is 0 Å². The Labute approximate surface area is 363 Å². The average molecular weight is 821 g/mol. The molecule has 6 heteroatoms. The first-order chi connectivity index (χ1) is 31.2. The van der Waals surface area contributed by atoms with E-state index >= 15 is 0 Å². The Kier molecular flexibility index (Phi) is 7.21. The molecule has 0 bridgehead atoms. The highest BCUT2D eigenvalue weighted by atomic mass is 32.1. The first-order valence-electron chi connectivity index (χ1n) is 21.2. The van der Waals surface area contributed by atoms with Crippen LogP contribution in [0.5, 0.6) is 0 Å². The van der Waals surface area contributed by atoms with Crippen LogP contribution in [0.4, 0.5) is 0 Å². The maximum atomic E-state index is 6.75. The summed E-state index contributed by atoms with van der Waals surface area (Å²) in [6.07, 6.45) is 0. The Morgan fingerprint density at radius 1 is 0.349 bits per heavy atom. The molecule has 292 valence electrons. The Hall–Kier alpha value is -8.19. The second-order valence-electron chi connectivity index (χ2n) is 16.3. The lowest BCUT2D eigenvalue weighted by atomic mass is 9.91. The summed E-state index contributed by atoms with van der Waals surface area (Å²) < 4.78 is 11.7. The quantitative estimate of drug-likeness (QED) is 0.166. The molecule has 0 spiro atoms. The van der Waals surface area contributed by atoms with E-state index in [1.54, 1.807) is 0 Å². The van der Waals surface area contributed by atoms with Crippen LogP contribution in [-0.4, -0.2) is 19.5 Å². The number of furan rings is 1. The van der Waals surface area contributed by atoms with Gasteiger partial charge in [0.05, 0.1) is 22.1 Å². The number of aromatic nitrogens is 4. The largest absolute Gasteiger partial charge is 0.455 e. The van der Waals surface area contributed by atoms with Crippen LogP contribution in [0.15, 0.2) is 199 Å². The van der Waals surface area contributed by atoms with Crippen molar-refractivity contribution in [3.05, 3.63) is 194 Å². The number of fused-ring (bicyclic) bond motifs is 16. The summed E-state index contributed by atoms with van der Waals surface area (Å²) in [5.41, 5.74) is 7.75. The van der Waals surface area contributed by atoms with Crippen LogP contribution in [0.1, 0.15) is 0 Å². The van der Waals surface area contributed by atoms with Crippen LogP contribution in [0.3, 0.4) is 0 Å². The third kappa shape index (κ3) is 5.07. The molecule has 63 heavy (non-hydrogen) atoms. The first-order valence-corrected chi connectivity index (χ1v) is 22.0. The molecule has 0 aliphatic carbocycles. The van der Waals surface area contributed by atoms with Gasteiger partial charge in [0.15, 0.2) is 17.5 Å². The predicted molar refractivity (Wildman–Crippen MR) is 263 cm³/mol. The number of hydrogen-bond acceptors (Lipinski definition) is 5. The number of rotatable bonds is 4. The molecular weight excluding hydrogens is 789 g/mol. The Bertz CT molecular complexity index is 4220. The lowest BCUT2D eigenvalue weighted by molar-refractivity contribution is 0.673. The SMILES string of the molecule is c1ccc(-c2nc(-c3ccc4sc5ccccc5c4c3)nc(-c3cc(-n4c5ccccc5c5c6oc7ccccc7c6ccc54)c4c5ccccc5c5ccccc5c4c3)n2)cc1. The molecule has 0 saturated heterocycles.